The molecule has 1 amide bonds. The van der Waals surface area contributed by atoms with Crippen LogP contribution < -0.4 is 4.74 Å². The third-order valence-electron chi connectivity index (χ3n) is 5.98. The molecule has 1 atom stereocenters. The Morgan fingerprint density at radius 1 is 1.19 bits per heavy atom. The van der Waals surface area contributed by atoms with Crippen molar-refractivity contribution < 1.29 is 22.3 Å². The van der Waals surface area contributed by atoms with Crippen LogP contribution in [0.5, 0.6) is 5.75 Å². The standard InChI is InChI=1S/C26H28ClFN2O4S2/c1-18(2)15-29(36(32,33)20-9-7-19(27)8-10-20)16-26(31)30-13-11-25-21(12-14-35-25)23(30)17-34-24-6-4-3-5-22(24)28/h3-10,12,14,18,23H,11,13,15-17H2,1-2H3/t23-/m1/s1. The van der Waals surface area contributed by atoms with Gasteiger partial charge in [-0.05, 0) is 65.7 Å². The number of amides is 1. The van der Waals surface area contributed by atoms with Gasteiger partial charge in [-0.2, -0.15) is 4.31 Å². The average Bonchev–Trinajstić information content (AvgIpc) is 3.32. The van der Waals surface area contributed by atoms with Crippen molar-refractivity contribution >= 4 is 38.9 Å². The summed E-state index contributed by atoms with van der Waals surface area (Å²) in [4.78, 5) is 16.5. The topological polar surface area (TPSA) is 66.9 Å². The van der Waals surface area contributed by atoms with E-state index >= 15 is 0 Å². The lowest BCUT2D eigenvalue weighted by Crippen LogP contribution is -2.48. The molecule has 1 aliphatic heterocycles. The molecule has 6 nitrogen and oxygen atoms in total. The van der Waals surface area contributed by atoms with Gasteiger partial charge in [-0.1, -0.05) is 37.6 Å². The van der Waals surface area contributed by atoms with Crippen LogP contribution in [0.4, 0.5) is 4.39 Å². The van der Waals surface area contributed by atoms with Crippen molar-refractivity contribution in [2.45, 2.75) is 31.2 Å². The zero-order valence-corrected chi connectivity index (χ0v) is 22.5. The minimum atomic E-state index is -3.93. The van der Waals surface area contributed by atoms with E-state index in [0.29, 0.717) is 18.0 Å². The van der Waals surface area contributed by atoms with Crippen molar-refractivity contribution in [2.24, 2.45) is 5.92 Å². The smallest absolute Gasteiger partial charge is 0.243 e. The molecule has 192 valence electrons. The minimum Gasteiger partial charge on any atom is -0.488 e. The molecule has 0 saturated heterocycles. The second-order valence-electron chi connectivity index (χ2n) is 9.04. The van der Waals surface area contributed by atoms with Crippen LogP contribution in [0.3, 0.4) is 0 Å². The normalized spacial score (nSPS) is 15.8. The number of nitrogens with zero attached hydrogens (tertiary/aromatic N) is 2. The largest absolute Gasteiger partial charge is 0.488 e. The molecule has 0 radical (unpaired) electrons. The molecule has 0 aliphatic carbocycles. The van der Waals surface area contributed by atoms with Crippen molar-refractivity contribution in [3.05, 3.63) is 81.3 Å². The van der Waals surface area contributed by atoms with Crippen molar-refractivity contribution in [1.29, 1.82) is 0 Å². The van der Waals surface area contributed by atoms with Gasteiger partial charge in [0.05, 0.1) is 17.5 Å². The highest BCUT2D eigenvalue weighted by atomic mass is 35.5. The van der Waals surface area contributed by atoms with E-state index in [1.54, 1.807) is 34.4 Å². The lowest BCUT2D eigenvalue weighted by Gasteiger charge is -2.37. The Bertz CT molecular complexity index is 1310. The molecule has 4 rings (SSSR count). The molecule has 0 fully saturated rings. The van der Waals surface area contributed by atoms with E-state index in [2.05, 4.69) is 0 Å². The van der Waals surface area contributed by atoms with E-state index in [4.69, 9.17) is 16.3 Å². The van der Waals surface area contributed by atoms with Crippen LogP contribution in [-0.2, 0) is 21.2 Å². The second-order valence-corrected chi connectivity index (χ2v) is 12.4. The maximum Gasteiger partial charge on any atom is 0.243 e. The van der Waals surface area contributed by atoms with E-state index in [9.17, 15) is 17.6 Å². The number of ether oxygens (including phenoxy) is 1. The van der Waals surface area contributed by atoms with Gasteiger partial charge in [0.15, 0.2) is 11.6 Å². The lowest BCUT2D eigenvalue weighted by atomic mass is 10.0. The first-order chi connectivity index (χ1) is 17.2. The molecule has 1 aliphatic rings. The summed E-state index contributed by atoms with van der Waals surface area (Å²) < 4.78 is 48.0. The van der Waals surface area contributed by atoms with Crippen LogP contribution in [0.25, 0.3) is 0 Å². The van der Waals surface area contributed by atoms with Crippen LogP contribution >= 0.6 is 22.9 Å². The van der Waals surface area contributed by atoms with Gasteiger partial charge in [0.1, 0.15) is 6.61 Å². The number of hydrogen-bond donors (Lipinski definition) is 0. The highest BCUT2D eigenvalue weighted by molar-refractivity contribution is 7.89. The van der Waals surface area contributed by atoms with Gasteiger partial charge in [-0.25, -0.2) is 12.8 Å². The summed E-state index contributed by atoms with van der Waals surface area (Å²) in [5.41, 5.74) is 0.951. The first-order valence-corrected chi connectivity index (χ1v) is 14.4. The Balaban J connectivity index is 1.58. The number of halogens is 2. The predicted molar refractivity (Wildman–Crippen MR) is 139 cm³/mol. The molecular formula is C26H28ClFN2O4S2. The Morgan fingerprint density at radius 2 is 1.92 bits per heavy atom. The van der Waals surface area contributed by atoms with Gasteiger partial charge < -0.3 is 9.64 Å². The fourth-order valence-corrected chi connectivity index (χ4v) is 6.86. The number of para-hydroxylation sites is 1. The van der Waals surface area contributed by atoms with Crippen molar-refractivity contribution in [3.63, 3.8) is 0 Å². The van der Waals surface area contributed by atoms with Crippen molar-refractivity contribution in [2.75, 3.05) is 26.2 Å². The van der Waals surface area contributed by atoms with E-state index in [1.165, 1.54) is 34.6 Å². The molecule has 0 N–H and O–H groups in total. The van der Waals surface area contributed by atoms with Crippen LogP contribution in [-0.4, -0.2) is 49.8 Å². The van der Waals surface area contributed by atoms with Gasteiger partial charge in [0.2, 0.25) is 15.9 Å². The summed E-state index contributed by atoms with van der Waals surface area (Å²) in [5, 5.41) is 2.39. The zero-order chi connectivity index (χ0) is 25.9. The summed E-state index contributed by atoms with van der Waals surface area (Å²) >= 11 is 7.55. The van der Waals surface area contributed by atoms with E-state index in [1.807, 2.05) is 25.3 Å². The van der Waals surface area contributed by atoms with E-state index in [-0.39, 0.29) is 42.2 Å². The van der Waals surface area contributed by atoms with Crippen LogP contribution in [0.1, 0.15) is 30.3 Å². The summed E-state index contributed by atoms with van der Waals surface area (Å²) in [6.45, 7) is 4.17. The molecule has 1 aromatic heterocycles. The molecule has 2 aromatic carbocycles. The average molecular weight is 551 g/mol. The summed E-state index contributed by atoms with van der Waals surface area (Å²) in [5.74, 6) is -0.690. The van der Waals surface area contributed by atoms with Crippen LogP contribution in [0, 0.1) is 11.7 Å². The molecule has 10 heteroatoms. The molecule has 0 unspecified atom stereocenters. The van der Waals surface area contributed by atoms with Gasteiger partial charge >= 0.3 is 0 Å². The Labute approximate surface area is 220 Å². The van der Waals surface area contributed by atoms with Gasteiger partial charge in [-0.15, -0.1) is 11.3 Å². The summed E-state index contributed by atoms with van der Waals surface area (Å²) in [6, 6.07) is 13.5. The van der Waals surface area contributed by atoms with E-state index in [0.717, 1.165) is 10.4 Å². The molecule has 0 saturated carbocycles. The molecule has 0 bridgehead atoms. The minimum absolute atomic E-state index is 0.00453. The number of carbonyl (C=O) groups is 1. The number of hydrogen-bond acceptors (Lipinski definition) is 5. The monoisotopic (exact) mass is 550 g/mol. The second kappa shape index (κ2) is 11.3. The van der Waals surface area contributed by atoms with Gasteiger partial charge in [0, 0.05) is 23.0 Å². The highest BCUT2D eigenvalue weighted by Gasteiger charge is 2.35. The Hall–Kier alpha value is -2.46. The third kappa shape index (κ3) is 5.91. The van der Waals surface area contributed by atoms with Crippen molar-refractivity contribution in [3.8, 4) is 5.75 Å². The van der Waals surface area contributed by atoms with Gasteiger partial charge in [0.25, 0.3) is 0 Å². The third-order valence-corrected chi connectivity index (χ3v) is 9.05. The highest BCUT2D eigenvalue weighted by Crippen LogP contribution is 2.34. The molecule has 2 heterocycles. The predicted octanol–water partition coefficient (Wildman–Crippen LogP) is 5.39. The summed E-state index contributed by atoms with van der Waals surface area (Å²) in [7, 11) is -3.93. The lowest BCUT2D eigenvalue weighted by molar-refractivity contribution is -0.135. The zero-order valence-electron chi connectivity index (χ0n) is 20.1. The molecule has 0 spiro atoms. The number of benzene rings is 2. The first kappa shape index (κ1) is 26.6. The summed E-state index contributed by atoms with van der Waals surface area (Å²) in [6.07, 6.45) is 0.670. The number of thiophene rings is 1. The van der Waals surface area contributed by atoms with Gasteiger partial charge in [-0.3, -0.25) is 4.79 Å². The Morgan fingerprint density at radius 3 is 2.61 bits per heavy atom. The maximum absolute atomic E-state index is 14.2. The SMILES string of the molecule is CC(C)CN(CC(=O)N1CCc2sccc2[C@H]1COc1ccccc1F)S(=O)(=O)c1ccc(Cl)cc1. The molecule has 36 heavy (non-hydrogen) atoms. The Kier molecular flexibility index (Phi) is 8.34. The fraction of sp³-hybridized carbons (Fsp3) is 0.346. The number of fused-ring (bicyclic) bond motifs is 1. The maximum atomic E-state index is 14.2. The van der Waals surface area contributed by atoms with Crippen molar-refractivity contribution in [1.82, 2.24) is 9.21 Å². The van der Waals surface area contributed by atoms with Crippen LogP contribution in [0.15, 0.2) is 64.9 Å². The number of sulfonamides is 1. The number of carbonyl (C=O) groups excluding carboxylic acids is 1. The first-order valence-electron chi connectivity index (χ1n) is 11.7. The molecule has 3 aromatic rings. The number of rotatable bonds is 9. The van der Waals surface area contributed by atoms with Crippen LogP contribution in [0.2, 0.25) is 5.02 Å². The fourth-order valence-electron chi connectivity index (χ4n) is 4.26. The van der Waals surface area contributed by atoms with E-state index < -0.39 is 21.9 Å². The molecular weight excluding hydrogens is 523 g/mol. The quantitative estimate of drug-likeness (QED) is 0.358.